The van der Waals surface area contributed by atoms with Crippen LogP contribution in [-0.2, 0) is 7.05 Å². The quantitative estimate of drug-likeness (QED) is 0.648. The van der Waals surface area contributed by atoms with Crippen molar-refractivity contribution in [3.8, 4) is 11.5 Å². The van der Waals surface area contributed by atoms with E-state index in [-0.39, 0.29) is 16.0 Å². The molecule has 0 saturated heterocycles. The molecule has 14 heavy (non-hydrogen) atoms. The molecule has 74 valence electrons. The Bertz CT molecular complexity index is 569. The van der Waals surface area contributed by atoms with Crippen molar-refractivity contribution in [2.24, 2.45) is 7.05 Å². The van der Waals surface area contributed by atoms with Crippen molar-refractivity contribution in [2.45, 2.75) is 0 Å². The van der Waals surface area contributed by atoms with E-state index in [1.54, 1.807) is 0 Å². The van der Waals surface area contributed by atoms with Gasteiger partial charge in [-0.25, -0.2) is 0 Å². The molecule has 0 aliphatic carbocycles. The van der Waals surface area contributed by atoms with Gasteiger partial charge >= 0.3 is 0 Å². The van der Waals surface area contributed by atoms with Gasteiger partial charge in [0, 0.05) is 13.1 Å². The van der Waals surface area contributed by atoms with Gasteiger partial charge in [0.05, 0.1) is 0 Å². The maximum Gasteiger partial charge on any atom is 0.291 e. The van der Waals surface area contributed by atoms with Crippen LogP contribution in [0.15, 0.2) is 15.4 Å². The van der Waals surface area contributed by atoms with Crippen molar-refractivity contribution in [2.75, 3.05) is 0 Å². The zero-order valence-electron chi connectivity index (χ0n) is 7.11. The summed E-state index contributed by atoms with van der Waals surface area (Å²) in [5.74, 6) is -0.936. The largest absolute Gasteiger partial charge is 0.504 e. The Kier molecular flexibility index (Phi) is 1.72. The van der Waals surface area contributed by atoms with Gasteiger partial charge in [0.25, 0.3) is 5.56 Å². The molecule has 0 atom stereocenters. The molecule has 1 aromatic carbocycles. The molecule has 0 bridgehead atoms. The number of fused-ring (bicyclic) bond motifs is 1. The van der Waals surface area contributed by atoms with Gasteiger partial charge in [-0.3, -0.25) is 4.79 Å². The van der Waals surface area contributed by atoms with Crippen LogP contribution in [0.5, 0.6) is 11.5 Å². The van der Waals surface area contributed by atoms with Crippen LogP contribution < -0.4 is 5.56 Å². The van der Waals surface area contributed by atoms with Gasteiger partial charge in [0.1, 0.15) is 10.4 Å². The number of halogens is 1. The zero-order chi connectivity index (χ0) is 10.5. The standard InChI is InChI=1S/C8H6ClNO4/c1-10-8(13)5-4(14-10)2-3(11)7(12)6(5)9/h2,11-12H,1H3. The minimum Gasteiger partial charge on any atom is -0.504 e. The van der Waals surface area contributed by atoms with Crippen LogP contribution in [0.1, 0.15) is 0 Å². The van der Waals surface area contributed by atoms with Gasteiger partial charge in [-0.05, 0) is 0 Å². The summed E-state index contributed by atoms with van der Waals surface area (Å²) in [5, 5.41) is 18.3. The van der Waals surface area contributed by atoms with Crippen molar-refractivity contribution in [1.29, 1.82) is 0 Å². The molecule has 0 spiro atoms. The Morgan fingerprint density at radius 1 is 1.50 bits per heavy atom. The summed E-state index contributed by atoms with van der Waals surface area (Å²) in [6, 6.07) is 1.14. The van der Waals surface area contributed by atoms with Crippen molar-refractivity contribution < 1.29 is 14.7 Å². The minimum atomic E-state index is -0.516. The highest BCUT2D eigenvalue weighted by Crippen LogP contribution is 2.37. The lowest BCUT2D eigenvalue weighted by Gasteiger charge is -1.98. The molecule has 5 nitrogen and oxygen atoms in total. The molecule has 0 fully saturated rings. The number of aromatic hydroxyl groups is 2. The number of phenols is 2. The highest BCUT2D eigenvalue weighted by molar-refractivity contribution is 6.37. The molecule has 6 heteroatoms. The van der Waals surface area contributed by atoms with Crippen LogP contribution in [0.4, 0.5) is 0 Å². The molecule has 0 aliphatic heterocycles. The van der Waals surface area contributed by atoms with Crippen LogP contribution in [0, 0.1) is 0 Å². The van der Waals surface area contributed by atoms with E-state index in [1.807, 2.05) is 0 Å². The zero-order valence-corrected chi connectivity index (χ0v) is 7.87. The Hall–Kier alpha value is -1.62. The van der Waals surface area contributed by atoms with Gasteiger partial charge in [0.15, 0.2) is 17.1 Å². The predicted molar refractivity (Wildman–Crippen MR) is 49.8 cm³/mol. The molecule has 1 aromatic heterocycles. The first kappa shape index (κ1) is 8.96. The summed E-state index contributed by atoms with van der Waals surface area (Å²) in [5.41, 5.74) is -0.321. The fourth-order valence-corrected chi connectivity index (χ4v) is 1.49. The van der Waals surface area contributed by atoms with E-state index >= 15 is 0 Å². The van der Waals surface area contributed by atoms with Crippen LogP contribution in [0.2, 0.25) is 5.02 Å². The first-order valence-electron chi connectivity index (χ1n) is 3.73. The summed E-state index contributed by atoms with van der Waals surface area (Å²) in [4.78, 5) is 11.4. The van der Waals surface area contributed by atoms with E-state index in [1.165, 1.54) is 7.05 Å². The van der Waals surface area contributed by atoms with Gasteiger partial charge in [-0.1, -0.05) is 11.6 Å². The van der Waals surface area contributed by atoms with E-state index in [0.29, 0.717) is 0 Å². The average molecular weight is 216 g/mol. The fourth-order valence-electron chi connectivity index (χ4n) is 1.22. The highest BCUT2D eigenvalue weighted by Gasteiger charge is 2.17. The molecular weight excluding hydrogens is 210 g/mol. The summed E-state index contributed by atoms with van der Waals surface area (Å²) >= 11 is 5.67. The summed E-state index contributed by atoms with van der Waals surface area (Å²) in [6.07, 6.45) is 0. The molecule has 0 amide bonds. The maximum absolute atomic E-state index is 11.4. The SMILES string of the molecule is Cn1oc2cc(O)c(O)c(Cl)c2c1=O. The number of aromatic nitrogens is 1. The average Bonchev–Trinajstić information content (AvgIpc) is 2.39. The minimum absolute atomic E-state index is 0.0597. The summed E-state index contributed by atoms with van der Waals surface area (Å²) < 4.78 is 5.93. The number of rotatable bonds is 0. The topological polar surface area (TPSA) is 75.6 Å². The highest BCUT2D eigenvalue weighted by atomic mass is 35.5. The number of aryl methyl sites for hydroxylation is 1. The van der Waals surface area contributed by atoms with Crippen molar-refractivity contribution in [1.82, 2.24) is 4.74 Å². The Balaban J connectivity index is 3.07. The number of hydrogen-bond acceptors (Lipinski definition) is 4. The molecule has 2 aromatic rings. The van der Waals surface area contributed by atoms with E-state index in [2.05, 4.69) is 0 Å². The second-order valence-electron chi connectivity index (χ2n) is 2.83. The van der Waals surface area contributed by atoms with E-state index < -0.39 is 17.1 Å². The smallest absolute Gasteiger partial charge is 0.291 e. The number of phenolic OH excluding ortho intramolecular Hbond substituents is 2. The molecule has 1 heterocycles. The van der Waals surface area contributed by atoms with Gasteiger partial charge in [-0.2, -0.15) is 4.74 Å². The monoisotopic (exact) mass is 215 g/mol. The molecule has 0 aliphatic rings. The molecule has 0 radical (unpaired) electrons. The molecule has 2 rings (SSSR count). The van der Waals surface area contributed by atoms with E-state index in [9.17, 15) is 15.0 Å². The molecule has 2 N–H and O–H groups in total. The predicted octanol–water partition coefficient (Wildman–Crippen LogP) is 1.20. The van der Waals surface area contributed by atoms with Crippen LogP contribution >= 0.6 is 11.6 Å². The normalized spacial score (nSPS) is 11.0. The van der Waals surface area contributed by atoms with Crippen LogP contribution in [0.25, 0.3) is 11.0 Å². The van der Waals surface area contributed by atoms with Crippen LogP contribution in [-0.4, -0.2) is 15.0 Å². The lowest BCUT2D eigenvalue weighted by atomic mass is 10.2. The summed E-state index contributed by atoms with van der Waals surface area (Å²) in [6.45, 7) is 0. The molecule has 0 unspecified atom stereocenters. The molecule has 0 saturated carbocycles. The number of hydrogen-bond donors (Lipinski definition) is 2. The van der Waals surface area contributed by atoms with Gasteiger partial charge < -0.3 is 14.7 Å². The lowest BCUT2D eigenvalue weighted by Crippen LogP contribution is -2.09. The third-order valence-corrected chi connectivity index (χ3v) is 2.29. The van der Waals surface area contributed by atoms with Crippen LogP contribution in [0.3, 0.4) is 0 Å². The Morgan fingerprint density at radius 2 is 2.14 bits per heavy atom. The molecular formula is C8H6ClNO4. The Morgan fingerprint density at radius 3 is 2.79 bits per heavy atom. The fraction of sp³-hybridized carbons (Fsp3) is 0.125. The second kappa shape index (κ2) is 2.68. The lowest BCUT2D eigenvalue weighted by molar-refractivity contribution is 0.323. The number of nitrogens with zero attached hydrogens (tertiary/aromatic N) is 1. The first-order valence-corrected chi connectivity index (χ1v) is 4.10. The number of benzene rings is 1. The Labute approximate surface area is 82.7 Å². The summed E-state index contributed by atoms with van der Waals surface area (Å²) in [7, 11) is 1.41. The third kappa shape index (κ3) is 0.990. The van der Waals surface area contributed by atoms with Crippen molar-refractivity contribution >= 4 is 22.6 Å². The second-order valence-corrected chi connectivity index (χ2v) is 3.20. The van der Waals surface area contributed by atoms with E-state index in [0.717, 1.165) is 10.8 Å². The van der Waals surface area contributed by atoms with Crippen molar-refractivity contribution in [3.63, 3.8) is 0 Å². The van der Waals surface area contributed by atoms with Crippen molar-refractivity contribution in [3.05, 3.63) is 21.4 Å². The maximum atomic E-state index is 11.4. The third-order valence-electron chi connectivity index (χ3n) is 1.92. The van der Waals surface area contributed by atoms with Gasteiger partial charge in [0.2, 0.25) is 0 Å². The van der Waals surface area contributed by atoms with Gasteiger partial charge in [-0.15, -0.1) is 0 Å². The first-order chi connectivity index (χ1) is 6.52. The van der Waals surface area contributed by atoms with E-state index in [4.69, 9.17) is 16.1 Å².